The van der Waals surface area contributed by atoms with E-state index in [2.05, 4.69) is 20.6 Å². The molecule has 4 aromatic rings. The van der Waals surface area contributed by atoms with Gasteiger partial charge in [0.25, 0.3) is 0 Å². The van der Waals surface area contributed by atoms with Gasteiger partial charge in [-0.15, -0.1) is 0 Å². The number of H-pyrrole nitrogens is 2. The lowest BCUT2D eigenvalue weighted by Gasteiger charge is -2.30. The molecule has 4 unspecified atom stereocenters. The molecule has 13 heteroatoms. The Morgan fingerprint density at radius 3 is 2.07 bits per heavy atom. The van der Waals surface area contributed by atoms with Gasteiger partial charge in [0.05, 0.1) is 6.04 Å². The number of carbonyl (C=O) groups excluding carboxylic acids is 3. The maximum absolute atomic E-state index is 14.1. The van der Waals surface area contributed by atoms with Crippen molar-refractivity contribution in [3.63, 3.8) is 0 Å². The topological polar surface area (TPSA) is 211 Å². The van der Waals surface area contributed by atoms with Crippen LogP contribution in [0.1, 0.15) is 36.8 Å². The molecule has 3 amide bonds. The molecule has 4 atom stereocenters. The fourth-order valence-corrected chi connectivity index (χ4v) is 5.93. The molecule has 236 valence electrons. The highest BCUT2D eigenvalue weighted by molar-refractivity contribution is 5.95. The predicted octanol–water partition coefficient (Wildman–Crippen LogP) is 1.67. The molecule has 1 aliphatic rings. The van der Waals surface area contributed by atoms with Crippen LogP contribution >= 0.6 is 0 Å². The number of benzene rings is 2. The highest BCUT2D eigenvalue weighted by Crippen LogP contribution is 2.24. The summed E-state index contributed by atoms with van der Waals surface area (Å²) < 4.78 is 0. The molecule has 0 aliphatic carbocycles. The van der Waals surface area contributed by atoms with Crippen molar-refractivity contribution in [1.82, 2.24) is 25.5 Å². The first-order valence-electron chi connectivity index (χ1n) is 14.8. The van der Waals surface area contributed by atoms with Crippen molar-refractivity contribution in [2.24, 2.45) is 5.73 Å². The first-order chi connectivity index (χ1) is 21.6. The third-order valence-electron chi connectivity index (χ3n) is 8.27. The van der Waals surface area contributed by atoms with E-state index in [1.165, 1.54) is 4.90 Å². The highest BCUT2D eigenvalue weighted by atomic mass is 16.4. The zero-order chi connectivity index (χ0) is 32.1. The summed E-state index contributed by atoms with van der Waals surface area (Å²) in [6.45, 7) is 0.228. The minimum Gasteiger partial charge on any atom is -0.481 e. The van der Waals surface area contributed by atoms with Gasteiger partial charge in [0.15, 0.2) is 0 Å². The number of carbonyl (C=O) groups is 5. The minimum absolute atomic E-state index is 0.121. The van der Waals surface area contributed by atoms with Crippen LogP contribution < -0.4 is 16.4 Å². The van der Waals surface area contributed by atoms with Crippen LogP contribution in [0.5, 0.6) is 0 Å². The van der Waals surface area contributed by atoms with E-state index in [4.69, 9.17) is 10.8 Å². The van der Waals surface area contributed by atoms with E-state index in [1.807, 2.05) is 48.5 Å². The maximum atomic E-state index is 14.1. The molecule has 2 aromatic carbocycles. The SMILES string of the molecule is NC(Cc1c[nH]c2ccccc12)C(=O)NC(Cc1c[nH]c2ccccc12)C(=O)N1CCCC1C(=O)NC(CCC(=O)O)C(=O)O. The molecule has 8 N–H and O–H groups in total. The largest absolute Gasteiger partial charge is 0.481 e. The minimum atomic E-state index is -1.42. The van der Waals surface area contributed by atoms with Crippen molar-refractivity contribution in [3.8, 4) is 0 Å². The third kappa shape index (κ3) is 7.15. The Morgan fingerprint density at radius 1 is 0.867 bits per heavy atom. The van der Waals surface area contributed by atoms with Crippen molar-refractivity contribution < 1.29 is 34.2 Å². The average molecular weight is 617 g/mol. The van der Waals surface area contributed by atoms with Crippen LogP contribution in [0.15, 0.2) is 60.9 Å². The van der Waals surface area contributed by atoms with E-state index in [0.29, 0.717) is 6.42 Å². The zero-order valence-corrected chi connectivity index (χ0v) is 24.5. The maximum Gasteiger partial charge on any atom is 0.326 e. The van der Waals surface area contributed by atoms with Gasteiger partial charge in [-0.2, -0.15) is 0 Å². The number of nitrogens with one attached hydrogen (secondary N) is 4. The number of hydrogen-bond acceptors (Lipinski definition) is 6. The van der Waals surface area contributed by atoms with Crippen molar-refractivity contribution in [2.75, 3.05) is 6.54 Å². The number of hydrogen-bond donors (Lipinski definition) is 7. The van der Waals surface area contributed by atoms with Crippen LogP contribution in [0.2, 0.25) is 0 Å². The van der Waals surface area contributed by atoms with Gasteiger partial charge in [0.1, 0.15) is 18.1 Å². The zero-order valence-electron chi connectivity index (χ0n) is 24.5. The van der Waals surface area contributed by atoms with Crippen LogP contribution in [-0.4, -0.2) is 85.5 Å². The number of aliphatic carboxylic acids is 2. The molecule has 0 radical (unpaired) electrons. The fourth-order valence-electron chi connectivity index (χ4n) is 5.93. The summed E-state index contributed by atoms with van der Waals surface area (Å²) in [5.41, 5.74) is 9.78. The molecule has 2 aromatic heterocycles. The van der Waals surface area contributed by atoms with Gasteiger partial charge < -0.3 is 41.4 Å². The van der Waals surface area contributed by atoms with Crippen LogP contribution in [0, 0.1) is 0 Å². The molecule has 45 heavy (non-hydrogen) atoms. The molecule has 3 heterocycles. The molecule has 13 nitrogen and oxygen atoms in total. The van der Waals surface area contributed by atoms with E-state index in [-0.39, 0.29) is 32.2 Å². The van der Waals surface area contributed by atoms with Gasteiger partial charge in [-0.3, -0.25) is 19.2 Å². The normalized spacial score (nSPS) is 16.7. The number of nitrogens with zero attached hydrogens (tertiary/aromatic N) is 1. The number of fused-ring (bicyclic) bond motifs is 2. The Bertz CT molecular complexity index is 1730. The van der Waals surface area contributed by atoms with Gasteiger partial charge in [0.2, 0.25) is 17.7 Å². The van der Waals surface area contributed by atoms with Crippen molar-refractivity contribution >= 4 is 51.5 Å². The summed E-state index contributed by atoms with van der Waals surface area (Å²) >= 11 is 0. The number of carboxylic acids is 2. The summed E-state index contributed by atoms with van der Waals surface area (Å²) in [6, 6.07) is 10.8. The first-order valence-corrected chi connectivity index (χ1v) is 14.8. The first kappa shape index (κ1) is 31.3. The fraction of sp³-hybridized carbons (Fsp3) is 0.344. The molecule has 1 fully saturated rings. The van der Waals surface area contributed by atoms with Crippen molar-refractivity contribution in [2.45, 2.75) is 62.7 Å². The molecule has 1 saturated heterocycles. The number of likely N-dealkylation sites (tertiary alicyclic amines) is 1. The van der Waals surface area contributed by atoms with E-state index in [9.17, 15) is 29.1 Å². The Balaban J connectivity index is 1.35. The van der Waals surface area contributed by atoms with E-state index in [1.54, 1.807) is 12.4 Å². The lowest BCUT2D eigenvalue weighted by Crippen LogP contribution is -2.57. The molecule has 5 rings (SSSR count). The summed E-state index contributed by atoms with van der Waals surface area (Å²) in [5, 5.41) is 25.5. The number of amides is 3. The van der Waals surface area contributed by atoms with Gasteiger partial charge in [-0.1, -0.05) is 36.4 Å². The van der Waals surface area contributed by atoms with E-state index >= 15 is 0 Å². The number of aromatic amines is 2. The van der Waals surface area contributed by atoms with Crippen LogP contribution in [0.4, 0.5) is 0 Å². The molecule has 0 saturated carbocycles. The summed E-state index contributed by atoms with van der Waals surface area (Å²) in [5.74, 6) is -4.27. The summed E-state index contributed by atoms with van der Waals surface area (Å²) in [6.07, 6.45) is 3.97. The lowest BCUT2D eigenvalue weighted by atomic mass is 10.0. The van der Waals surface area contributed by atoms with E-state index < -0.39 is 60.2 Å². The Labute approximate surface area is 258 Å². The van der Waals surface area contributed by atoms with E-state index in [0.717, 1.165) is 32.9 Å². The number of carboxylic acid groups (broad SMARTS) is 2. The van der Waals surface area contributed by atoms with Crippen molar-refractivity contribution in [3.05, 3.63) is 72.1 Å². The Hall–Kier alpha value is -5.17. The molecule has 1 aliphatic heterocycles. The monoisotopic (exact) mass is 616 g/mol. The average Bonchev–Trinajstić information content (AvgIpc) is 3.77. The number of nitrogens with two attached hydrogens (primary N) is 1. The molecular weight excluding hydrogens is 580 g/mol. The number of aromatic nitrogens is 2. The third-order valence-corrected chi connectivity index (χ3v) is 8.27. The standard InChI is InChI=1S/C32H36N6O7/c33-22(14-18-16-34-23-8-3-1-6-20(18)23)29(41)37-26(15-19-17-35-24-9-4-2-7-21(19)24)31(43)38-13-5-10-27(38)30(42)36-25(32(44)45)11-12-28(39)40/h1-4,6-9,16-17,22,25-27,34-35H,5,10-15,33H2,(H,36,42)(H,37,41)(H,39,40)(H,44,45). The molecule has 0 spiro atoms. The second-order valence-electron chi connectivity index (χ2n) is 11.3. The summed E-state index contributed by atoms with van der Waals surface area (Å²) in [7, 11) is 0. The lowest BCUT2D eigenvalue weighted by molar-refractivity contribution is -0.145. The number of para-hydroxylation sites is 2. The Kier molecular flexibility index (Phi) is 9.48. The van der Waals surface area contributed by atoms with Gasteiger partial charge >= 0.3 is 11.9 Å². The van der Waals surface area contributed by atoms with Crippen LogP contribution in [-0.2, 0) is 36.8 Å². The van der Waals surface area contributed by atoms with Gasteiger partial charge in [-0.25, -0.2) is 4.79 Å². The van der Waals surface area contributed by atoms with Crippen LogP contribution in [0.3, 0.4) is 0 Å². The number of rotatable bonds is 13. The van der Waals surface area contributed by atoms with Gasteiger partial charge in [-0.05, 0) is 48.9 Å². The van der Waals surface area contributed by atoms with Crippen molar-refractivity contribution in [1.29, 1.82) is 0 Å². The van der Waals surface area contributed by atoms with Crippen LogP contribution in [0.25, 0.3) is 21.8 Å². The quantitative estimate of drug-likeness (QED) is 0.117. The predicted molar refractivity (Wildman–Crippen MR) is 165 cm³/mol. The second kappa shape index (κ2) is 13.6. The highest BCUT2D eigenvalue weighted by Gasteiger charge is 2.39. The smallest absolute Gasteiger partial charge is 0.326 e. The molecule has 0 bridgehead atoms. The molecular formula is C32H36N6O7. The summed E-state index contributed by atoms with van der Waals surface area (Å²) in [4.78, 5) is 71.1. The Morgan fingerprint density at radius 2 is 1.47 bits per heavy atom. The second-order valence-corrected chi connectivity index (χ2v) is 11.3. The van der Waals surface area contributed by atoms with Gasteiger partial charge in [0, 0.05) is 53.6 Å².